The fraction of sp³-hybridized carbons (Fsp3) is 0.185. The van der Waals surface area contributed by atoms with E-state index in [0.717, 1.165) is 39.0 Å². The van der Waals surface area contributed by atoms with E-state index in [1.807, 2.05) is 72.3 Å². The number of fused-ring (bicyclic) bond motifs is 1. The Morgan fingerprint density at radius 2 is 1.59 bits per heavy atom. The van der Waals surface area contributed by atoms with E-state index in [1.165, 1.54) is 0 Å². The molecule has 5 aromatic rings. The first-order valence-electron chi connectivity index (χ1n) is 11.3. The summed E-state index contributed by atoms with van der Waals surface area (Å²) >= 11 is 0. The molecule has 0 aliphatic carbocycles. The summed E-state index contributed by atoms with van der Waals surface area (Å²) in [7, 11) is 0. The molecule has 5 rings (SSSR count). The highest BCUT2D eigenvalue weighted by Crippen LogP contribution is 2.17. The van der Waals surface area contributed by atoms with Crippen molar-refractivity contribution in [1.29, 1.82) is 0 Å². The zero-order valence-corrected chi connectivity index (χ0v) is 19.1. The Kier molecular flexibility index (Phi) is 6.27. The van der Waals surface area contributed by atoms with E-state index in [-0.39, 0.29) is 5.56 Å². The number of benzene rings is 3. The average Bonchev–Trinajstić information content (AvgIpc) is 3.28. The van der Waals surface area contributed by atoms with Crippen LogP contribution in [0.3, 0.4) is 0 Å². The lowest BCUT2D eigenvalue weighted by atomic mass is 10.1. The predicted molar refractivity (Wildman–Crippen MR) is 132 cm³/mol. The molecule has 0 radical (unpaired) electrons. The molecule has 34 heavy (non-hydrogen) atoms. The second kappa shape index (κ2) is 9.80. The Bertz CT molecular complexity index is 1440. The van der Waals surface area contributed by atoms with E-state index in [0.29, 0.717) is 26.2 Å². The Hall–Kier alpha value is -4.10. The van der Waals surface area contributed by atoms with Gasteiger partial charge in [-0.05, 0) is 45.5 Å². The van der Waals surface area contributed by atoms with Gasteiger partial charge in [0.1, 0.15) is 0 Å². The van der Waals surface area contributed by atoms with Gasteiger partial charge in [-0.25, -0.2) is 4.68 Å². The highest BCUT2D eigenvalue weighted by Gasteiger charge is 2.16. The number of rotatable bonds is 8. The van der Waals surface area contributed by atoms with E-state index >= 15 is 0 Å². The van der Waals surface area contributed by atoms with Crippen molar-refractivity contribution in [1.82, 2.24) is 30.1 Å². The first kappa shape index (κ1) is 21.7. The highest BCUT2D eigenvalue weighted by molar-refractivity contribution is 5.81. The molecule has 2 heterocycles. The maximum absolute atomic E-state index is 13.0. The minimum atomic E-state index is -0.0660. The van der Waals surface area contributed by atoms with Gasteiger partial charge in [-0.3, -0.25) is 9.69 Å². The van der Waals surface area contributed by atoms with E-state index in [9.17, 15) is 4.79 Å². The lowest BCUT2D eigenvalue weighted by molar-refractivity contribution is 0.236. The van der Waals surface area contributed by atoms with Gasteiger partial charge in [0.05, 0.1) is 18.6 Å². The van der Waals surface area contributed by atoms with Gasteiger partial charge >= 0.3 is 0 Å². The maximum Gasteiger partial charge on any atom is 0.252 e. The molecule has 7 nitrogen and oxygen atoms in total. The molecular weight excluding hydrogens is 424 g/mol. The van der Waals surface area contributed by atoms with E-state index in [2.05, 4.69) is 49.7 Å². The van der Waals surface area contributed by atoms with Crippen LogP contribution in [0.15, 0.2) is 89.7 Å². The van der Waals surface area contributed by atoms with E-state index < -0.39 is 0 Å². The van der Waals surface area contributed by atoms with Crippen LogP contribution in [0.4, 0.5) is 0 Å². The minimum absolute atomic E-state index is 0.0660. The van der Waals surface area contributed by atoms with Gasteiger partial charge < -0.3 is 4.98 Å². The summed E-state index contributed by atoms with van der Waals surface area (Å²) in [5.41, 5.74) is 4.89. The standard InChI is InChI=1S/C27H26N6O/c1-20-9-8-14-23-15-24(27(34)28-26(20)23)18-32(16-21-10-4-2-5-11-21)19-25-29-30-31-33(25)17-22-12-6-3-7-13-22/h2-15H,16-19H2,1H3,(H,28,34). The third kappa shape index (κ3) is 4.94. The molecule has 0 spiro atoms. The number of nitrogens with zero attached hydrogens (tertiary/aromatic N) is 5. The van der Waals surface area contributed by atoms with Crippen molar-refractivity contribution >= 4 is 10.9 Å². The topological polar surface area (TPSA) is 79.7 Å². The van der Waals surface area contributed by atoms with Crippen molar-refractivity contribution in [3.05, 3.63) is 123 Å². The van der Waals surface area contributed by atoms with Gasteiger partial charge in [-0.1, -0.05) is 78.9 Å². The molecular formula is C27H26N6O. The van der Waals surface area contributed by atoms with Gasteiger partial charge in [0, 0.05) is 18.7 Å². The number of pyridine rings is 1. The van der Waals surface area contributed by atoms with Crippen molar-refractivity contribution in [3.8, 4) is 0 Å². The van der Waals surface area contributed by atoms with Crippen LogP contribution in [-0.4, -0.2) is 30.1 Å². The summed E-state index contributed by atoms with van der Waals surface area (Å²) in [4.78, 5) is 18.2. The summed E-state index contributed by atoms with van der Waals surface area (Å²) in [5.74, 6) is 0.757. The first-order chi connectivity index (χ1) is 16.7. The number of tetrazole rings is 1. The summed E-state index contributed by atoms with van der Waals surface area (Å²) in [6.07, 6.45) is 0. The minimum Gasteiger partial charge on any atom is -0.321 e. The summed E-state index contributed by atoms with van der Waals surface area (Å²) in [5, 5.41) is 13.5. The Morgan fingerprint density at radius 3 is 2.35 bits per heavy atom. The van der Waals surface area contributed by atoms with Crippen molar-refractivity contribution in [2.45, 2.75) is 33.1 Å². The molecule has 7 heteroatoms. The Labute approximate surface area is 197 Å². The Balaban J connectivity index is 1.44. The number of nitrogens with one attached hydrogen (secondary N) is 1. The number of hydrogen-bond acceptors (Lipinski definition) is 5. The number of aromatic nitrogens is 5. The van der Waals surface area contributed by atoms with Crippen LogP contribution >= 0.6 is 0 Å². The van der Waals surface area contributed by atoms with Crippen molar-refractivity contribution in [2.75, 3.05) is 0 Å². The monoisotopic (exact) mass is 450 g/mol. The smallest absolute Gasteiger partial charge is 0.252 e. The molecule has 170 valence electrons. The lowest BCUT2D eigenvalue weighted by Crippen LogP contribution is -2.28. The largest absolute Gasteiger partial charge is 0.321 e. The molecule has 0 aliphatic heterocycles. The van der Waals surface area contributed by atoms with Gasteiger partial charge in [-0.2, -0.15) is 0 Å². The molecule has 2 aromatic heterocycles. The molecule has 0 saturated heterocycles. The quantitative estimate of drug-likeness (QED) is 0.385. The van der Waals surface area contributed by atoms with Gasteiger partial charge in [0.25, 0.3) is 5.56 Å². The number of aromatic amines is 1. The maximum atomic E-state index is 13.0. The van der Waals surface area contributed by atoms with Crippen LogP contribution in [0.2, 0.25) is 0 Å². The fourth-order valence-corrected chi connectivity index (χ4v) is 4.21. The first-order valence-corrected chi connectivity index (χ1v) is 11.3. The molecule has 0 amide bonds. The lowest BCUT2D eigenvalue weighted by Gasteiger charge is -2.22. The molecule has 0 atom stereocenters. The average molecular weight is 451 g/mol. The summed E-state index contributed by atoms with van der Waals surface area (Å²) in [6.45, 7) is 4.26. The molecule has 0 fully saturated rings. The number of para-hydroxylation sites is 1. The SMILES string of the molecule is Cc1cccc2cc(CN(Cc3ccccc3)Cc3nnnn3Cc3ccccc3)c(=O)[nH]c12. The zero-order chi connectivity index (χ0) is 23.3. The van der Waals surface area contributed by atoms with E-state index in [4.69, 9.17) is 0 Å². The Morgan fingerprint density at radius 1 is 0.853 bits per heavy atom. The molecule has 0 bridgehead atoms. The number of H-pyrrole nitrogens is 1. The third-order valence-electron chi connectivity index (χ3n) is 5.95. The van der Waals surface area contributed by atoms with Crippen molar-refractivity contribution in [3.63, 3.8) is 0 Å². The molecule has 1 N–H and O–H groups in total. The molecule has 0 unspecified atom stereocenters. The summed E-state index contributed by atoms with van der Waals surface area (Å²) in [6, 6.07) is 28.4. The van der Waals surface area contributed by atoms with Crippen LogP contribution in [0.1, 0.15) is 28.1 Å². The third-order valence-corrected chi connectivity index (χ3v) is 5.95. The second-order valence-electron chi connectivity index (χ2n) is 8.53. The van der Waals surface area contributed by atoms with Gasteiger partial charge in [0.2, 0.25) is 0 Å². The van der Waals surface area contributed by atoms with Gasteiger partial charge in [0.15, 0.2) is 5.82 Å². The van der Waals surface area contributed by atoms with Crippen LogP contribution in [-0.2, 0) is 26.2 Å². The fourth-order valence-electron chi connectivity index (χ4n) is 4.21. The normalized spacial score (nSPS) is 11.4. The van der Waals surface area contributed by atoms with Crippen LogP contribution in [0, 0.1) is 6.92 Å². The number of aryl methyl sites for hydroxylation is 1. The number of hydrogen-bond donors (Lipinski definition) is 1. The molecule has 3 aromatic carbocycles. The van der Waals surface area contributed by atoms with Crippen molar-refractivity contribution in [2.24, 2.45) is 0 Å². The van der Waals surface area contributed by atoms with Crippen LogP contribution in [0.25, 0.3) is 10.9 Å². The zero-order valence-electron chi connectivity index (χ0n) is 19.1. The molecule has 0 saturated carbocycles. The van der Waals surface area contributed by atoms with Crippen molar-refractivity contribution < 1.29 is 0 Å². The van der Waals surface area contributed by atoms with Gasteiger partial charge in [-0.15, -0.1) is 5.10 Å². The summed E-state index contributed by atoms with van der Waals surface area (Å²) < 4.78 is 1.82. The van der Waals surface area contributed by atoms with Crippen LogP contribution < -0.4 is 5.56 Å². The van der Waals surface area contributed by atoms with E-state index in [1.54, 1.807) is 0 Å². The highest BCUT2D eigenvalue weighted by atomic mass is 16.1. The van der Waals surface area contributed by atoms with Crippen LogP contribution in [0.5, 0.6) is 0 Å². The molecule has 0 aliphatic rings. The second-order valence-corrected chi connectivity index (χ2v) is 8.53. The predicted octanol–water partition coefficient (Wildman–Crippen LogP) is 4.07.